The lowest BCUT2D eigenvalue weighted by atomic mass is 9.98. The highest BCUT2D eigenvalue weighted by molar-refractivity contribution is 5.92. The van der Waals surface area contributed by atoms with Gasteiger partial charge in [0.15, 0.2) is 0 Å². The van der Waals surface area contributed by atoms with Crippen molar-refractivity contribution in [2.75, 3.05) is 31.5 Å². The average molecular weight is 503 g/mol. The number of fused-ring (bicyclic) bond motifs is 1. The Balaban J connectivity index is 1.45. The maximum atomic E-state index is 12.4. The molecule has 0 radical (unpaired) electrons. The Morgan fingerprint density at radius 3 is 2.27 bits per heavy atom. The molecular weight excluding hydrogens is 464 g/mol. The molecule has 37 heavy (non-hydrogen) atoms. The minimum atomic E-state index is -0.0647. The molecule has 1 fully saturated rings. The number of carbonyl (C=O) groups excluding carboxylic acids is 1. The van der Waals surface area contributed by atoms with Gasteiger partial charge in [-0.05, 0) is 51.3 Å². The second-order valence-corrected chi connectivity index (χ2v) is 10.2. The lowest BCUT2D eigenvalue weighted by Gasteiger charge is -2.39. The molecule has 1 aliphatic heterocycles. The van der Waals surface area contributed by atoms with Crippen LogP contribution >= 0.6 is 0 Å². The number of hydrogen-bond donors (Lipinski definition) is 1. The van der Waals surface area contributed by atoms with Crippen molar-refractivity contribution in [3.63, 3.8) is 0 Å². The van der Waals surface area contributed by atoms with E-state index in [0.717, 1.165) is 43.5 Å². The summed E-state index contributed by atoms with van der Waals surface area (Å²) in [7, 11) is 0. The van der Waals surface area contributed by atoms with Crippen molar-refractivity contribution >= 4 is 22.9 Å². The maximum absolute atomic E-state index is 12.4. The van der Waals surface area contributed by atoms with E-state index < -0.39 is 0 Å². The van der Waals surface area contributed by atoms with Crippen molar-refractivity contribution in [1.82, 2.24) is 24.3 Å². The number of pyridine rings is 1. The van der Waals surface area contributed by atoms with Crippen molar-refractivity contribution in [2.45, 2.75) is 59.2 Å². The van der Waals surface area contributed by atoms with Crippen LogP contribution in [-0.2, 0) is 4.79 Å². The maximum Gasteiger partial charge on any atom is 0.252 e. The molecule has 0 bridgehead atoms. The number of hydrogen-bond acceptors (Lipinski definition) is 6. The van der Waals surface area contributed by atoms with Crippen LogP contribution in [-0.4, -0.2) is 56.4 Å². The van der Waals surface area contributed by atoms with Crippen LogP contribution in [0.25, 0.3) is 11.0 Å². The zero-order chi connectivity index (χ0) is 26.7. The molecule has 1 aromatic carbocycles. The lowest BCUT2D eigenvalue weighted by molar-refractivity contribution is -0.129. The summed E-state index contributed by atoms with van der Waals surface area (Å²) in [5.41, 5.74) is 3.58. The van der Waals surface area contributed by atoms with Gasteiger partial charge < -0.3 is 10.2 Å². The minimum Gasteiger partial charge on any atom is -0.348 e. The van der Waals surface area contributed by atoms with Crippen molar-refractivity contribution in [3.8, 4) is 0 Å². The van der Waals surface area contributed by atoms with Crippen LogP contribution in [0.15, 0.2) is 59.5 Å². The van der Waals surface area contributed by atoms with Crippen LogP contribution in [0, 0.1) is 0 Å². The zero-order valence-electron chi connectivity index (χ0n) is 22.6. The predicted octanol–water partition coefficient (Wildman–Crippen LogP) is 4.72. The molecule has 3 heterocycles. The fraction of sp³-hybridized carbons (Fsp3) is 0.448. The Morgan fingerprint density at radius 2 is 1.68 bits per heavy atom. The highest BCUT2D eigenvalue weighted by Crippen LogP contribution is 2.28. The van der Waals surface area contributed by atoms with E-state index >= 15 is 0 Å². The fourth-order valence-corrected chi connectivity index (χ4v) is 5.10. The topological polar surface area (TPSA) is 83.4 Å². The largest absolute Gasteiger partial charge is 0.348 e. The van der Waals surface area contributed by atoms with Gasteiger partial charge in [0.25, 0.3) is 5.56 Å². The second kappa shape index (κ2) is 11.3. The first-order valence-corrected chi connectivity index (χ1v) is 13.1. The molecule has 1 aliphatic rings. The number of aromatic nitrogens is 3. The van der Waals surface area contributed by atoms with E-state index in [1.54, 1.807) is 29.8 Å². The van der Waals surface area contributed by atoms with Gasteiger partial charge >= 0.3 is 0 Å². The monoisotopic (exact) mass is 502 g/mol. The summed E-state index contributed by atoms with van der Waals surface area (Å²) < 4.78 is 1.70. The van der Waals surface area contributed by atoms with Gasteiger partial charge in [-0.25, -0.2) is 4.98 Å². The molecule has 0 aliphatic carbocycles. The molecule has 8 heteroatoms. The number of amides is 1. The fourth-order valence-electron chi connectivity index (χ4n) is 5.10. The van der Waals surface area contributed by atoms with Gasteiger partial charge in [-0.2, -0.15) is 4.98 Å². The molecule has 1 unspecified atom stereocenters. The van der Waals surface area contributed by atoms with Crippen LogP contribution in [0.4, 0.5) is 5.95 Å². The summed E-state index contributed by atoms with van der Waals surface area (Å²) in [4.78, 5) is 38.2. The predicted molar refractivity (Wildman–Crippen MR) is 149 cm³/mol. The van der Waals surface area contributed by atoms with Gasteiger partial charge in [0.05, 0.1) is 6.04 Å². The molecule has 1 amide bonds. The van der Waals surface area contributed by atoms with E-state index in [0.29, 0.717) is 23.2 Å². The van der Waals surface area contributed by atoms with Crippen LogP contribution in [0.1, 0.15) is 70.3 Å². The minimum absolute atomic E-state index is 0.00463. The summed E-state index contributed by atoms with van der Waals surface area (Å²) in [6.45, 7) is 17.0. The third-order valence-corrected chi connectivity index (χ3v) is 7.14. The van der Waals surface area contributed by atoms with Gasteiger partial charge in [0.1, 0.15) is 5.65 Å². The number of benzene rings is 1. The van der Waals surface area contributed by atoms with E-state index in [1.165, 1.54) is 5.56 Å². The summed E-state index contributed by atoms with van der Waals surface area (Å²) in [6, 6.07) is 12.4. The third-order valence-electron chi connectivity index (χ3n) is 7.14. The van der Waals surface area contributed by atoms with Crippen LogP contribution in [0.5, 0.6) is 0 Å². The van der Waals surface area contributed by atoms with E-state index in [2.05, 4.69) is 64.9 Å². The number of nitrogens with zero attached hydrogens (tertiary/aromatic N) is 5. The molecule has 2 atom stereocenters. The Bertz CT molecular complexity index is 1320. The normalized spacial score (nSPS) is 16.1. The van der Waals surface area contributed by atoms with E-state index in [1.807, 2.05) is 18.7 Å². The van der Waals surface area contributed by atoms with Crippen LogP contribution in [0.2, 0.25) is 0 Å². The number of anilines is 1. The Kier molecular flexibility index (Phi) is 8.07. The Hall–Kier alpha value is -3.52. The first kappa shape index (κ1) is 26.5. The van der Waals surface area contributed by atoms with E-state index in [4.69, 9.17) is 0 Å². The zero-order valence-corrected chi connectivity index (χ0v) is 22.6. The van der Waals surface area contributed by atoms with E-state index in [9.17, 15) is 9.59 Å². The first-order valence-electron chi connectivity index (χ1n) is 13.1. The molecule has 196 valence electrons. The van der Waals surface area contributed by atoms with E-state index in [-0.39, 0.29) is 23.6 Å². The van der Waals surface area contributed by atoms with Gasteiger partial charge in [-0.1, -0.05) is 37.8 Å². The van der Waals surface area contributed by atoms with Gasteiger partial charge in [-0.3, -0.25) is 19.1 Å². The average Bonchev–Trinajstić information content (AvgIpc) is 2.89. The molecule has 3 aromatic rings. The molecule has 1 saturated heterocycles. The van der Waals surface area contributed by atoms with Crippen LogP contribution < -0.4 is 10.9 Å². The number of rotatable bonds is 8. The first-order chi connectivity index (χ1) is 17.7. The molecule has 4 rings (SSSR count). The lowest BCUT2D eigenvalue weighted by Crippen LogP contribution is -2.49. The molecule has 1 N–H and O–H groups in total. The standard InChI is InChI=1S/C29H38N6O2/c1-7-25(33-14-16-34(17-15-33)28(37)19(2)3)23-10-8-22(9-11-23)21(6)31-29-30-18-24-12-13-26(36)35(20(4)5)27(24)32-29/h8-13,18,20-21,25H,2,7,14-17H2,1,3-6H3,(H,30,31,32)/t21-,25?/m0/s1. The second-order valence-electron chi connectivity index (χ2n) is 10.2. The van der Waals surface area contributed by atoms with Gasteiger partial charge in [0, 0.05) is 61.5 Å². The summed E-state index contributed by atoms with van der Waals surface area (Å²) >= 11 is 0. The Morgan fingerprint density at radius 1 is 1.03 bits per heavy atom. The number of carbonyl (C=O) groups is 1. The summed E-state index contributed by atoms with van der Waals surface area (Å²) in [6.07, 6.45) is 2.76. The highest BCUT2D eigenvalue weighted by atomic mass is 16.2. The quantitative estimate of drug-likeness (QED) is 0.449. The third kappa shape index (κ3) is 5.74. The van der Waals surface area contributed by atoms with Crippen molar-refractivity contribution in [1.29, 1.82) is 0 Å². The molecular formula is C29H38N6O2. The van der Waals surface area contributed by atoms with Crippen molar-refractivity contribution < 1.29 is 4.79 Å². The molecule has 0 spiro atoms. The Labute approximate surface area is 219 Å². The SMILES string of the molecule is C=C(C)C(=O)N1CCN(C(CC)c2ccc([C@H](C)Nc3ncc4ccc(=O)n(C(C)C)c4n3)cc2)CC1. The van der Waals surface area contributed by atoms with Crippen LogP contribution in [0.3, 0.4) is 0 Å². The summed E-state index contributed by atoms with van der Waals surface area (Å²) in [5.74, 6) is 0.555. The smallest absolute Gasteiger partial charge is 0.252 e. The van der Waals surface area contributed by atoms with Gasteiger partial charge in [0.2, 0.25) is 11.9 Å². The summed E-state index contributed by atoms with van der Waals surface area (Å²) in [5, 5.41) is 4.23. The number of piperazine rings is 1. The highest BCUT2D eigenvalue weighted by Gasteiger charge is 2.26. The molecule has 0 saturated carbocycles. The van der Waals surface area contributed by atoms with Crippen molar-refractivity contribution in [3.05, 3.63) is 76.2 Å². The number of nitrogens with one attached hydrogen (secondary N) is 1. The molecule has 2 aromatic heterocycles. The van der Waals surface area contributed by atoms with Crippen molar-refractivity contribution in [2.24, 2.45) is 0 Å². The van der Waals surface area contributed by atoms with Gasteiger partial charge in [-0.15, -0.1) is 0 Å². The molecule has 8 nitrogen and oxygen atoms in total.